The fourth-order valence-corrected chi connectivity index (χ4v) is 4.32. The smallest absolute Gasteiger partial charge is 0.222 e. The van der Waals surface area contributed by atoms with E-state index in [0.29, 0.717) is 37.4 Å². The molecule has 1 N–H and O–H groups in total. The maximum absolute atomic E-state index is 12.7. The predicted octanol–water partition coefficient (Wildman–Crippen LogP) is 3.32. The highest BCUT2D eigenvalue weighted by molar-refractivity contribution is 6.31. The molecule has 0 saturated carbocycles. The number of hydrogen-bond acceptors (Lipinski definition) is 3. The van der Waals surface area contributed by atoms with E-state index < -0.39 is 11.6 Å². The Morgan fingerprint density at radius 3 is 2.48 bits per heavy atom. The monoisotopic (exact) mass is 386 g/mol. The summed E-state index contributed by atoms with van der Waals surface area (Å²) < 4.78 is 0. The number of hydrogen-bond donors (Lipinski definition) is 1. The summed E-state index contributed by atoms with van der Waals surface area (Å²) in [6.07, 6.45) is 1.07. The Bertz CT molecular complexity index is 781. The van der Waals surface area contributed by atoms with Crippen LogP contribution in [0.1, 0.15) is 24.0 Å². The summed E-state index contributed by atoms with van der Waals surface area (Å²) in [5.41, 5.74) is 1.60. The average Bonchev–Trinajstić information content (AvgIpc) is 2.67. The van der Waals surface area contributed by atoms with Crippen molar-refractivity contribution in [3.63, 3.8) is 0 Å². The molecule has 2 aromatic rings. The fraction of sp³-hybridized carbons (Fsp3) is 0.409. The second-order valence-electron chi connectivity index (χ2n) is 7.38. The van der Waals surface area contributed by atoms with E-state index in [1.54, 1.807) is 4.90 Å². The highest BCUT2D eigenvalue weighted by atomic mass is 35.5. The molecule has 1 aliphatic heterocycles. The molecule has 0 bridgehead atoms. The van der Waals surface area contributed by atoms with Crippen molar-refractivity contribution in [2.45, 2.75) is 30.9 Å². The highest BCUT2D eigenvalue weighted by Crippen LogP contribution is 2.37. The summed E-state index contributed by atoms with van der Waals surface area (Å²) in [6, 6.07) is 17.7. The second kappa shape index (κ2) is 8.42. The number of benzene rings is 2. The van der Waals surface area contributed by atoms with Crippen LogP contribution < -0.4 is 0 Å². The van der Waals surface area contributed by atoms with Crippen LogP contribution in [0.15, 0.2) is 54.6 Å². The summed E-state index contributed by atoms with van der Waals surface area (Å²) in [5, 5.41) is 11.7. The van der Waals surface area contributed by atoms with Gasteiger partial charge < -0.3 is 10.0 Å². The number of halogens is 1. The molecule has 1 amide bonds. The van der Waals surface area contributed by atoms with Crippen molar-refractivity contribution in [1.82, 2.24) is 9.80 Å². The minimum absolute atomic E-state index is 0.0642. The molecule has 1 fully saturated rings. The normalized spacial score (nSPS) is 22.9. The summed E-state index contributed by atoms with van der Waals surface area (Å²) in [5.74, 6) is 0.0642. The fourth-order valence-electron chi connectivity index (χ4n) is 4.09. The van der Waals surface area contributed by atoms with Crippen LogP contribution in [-0.2, 0) is 16.8 Å². The van der Waals surface area contributed by atoms with Crippen molar-refractivity contribution in [3.8, 4) is 0 Å². The Morgan fingerprint density at radius 1 is 1.19 bits per heavy atom. The molecule has 0 aliphatic carbocycles. The van der Waals surface area contributed by atoms with E-state index in [-0.39, 0.29) is 5.91 Å². The molecule has 144 valence electrons. The van der Waals surface area contributed by atoms with Crippen LogP contribution in [-0.4, -0.2) is 54.1 Å². The number of rotatable bonds is 5. The summed E-state index contributed by atoms with van der Waals surface area (Å²) in [7, 11) is 3.98. The maximum atomic E-state index is 12.7. The molecule has 1 saturated heterocycles. The second-order valence-corrected chi connectivity index (χ2v) is 7.79. The van der Waals surface area contributed by atoms with E-state index in [2.05, 4.69) is 17.0 Å². The molecule has 0 radical (unpaired) electrons. The SMILES string of the molecule is CN(C)[C@]1(c2ccccc2)CCN(C(=O)CCc2ccccc2Cl)C[C@H]1O. The minimum atomic E-state index is -0.645. The molecule has 2 aromatic carbocycles. The van der Waals surface area contributed by atoms with E-state index in [0.717, 1.165) is 11.1 Å². The van der Waals surface area contributed by atoms with Crippen LogP contribution in [0.3, 0.4) is 0 Å². The zero-order valence-corrected chi connectivity index (χ0v) is 16.7. The number of likely N-dealkylation sites (N-methyl/N-ethyl adjacent to an activating group) is 1. The third kappa shape index (κ3) is 4.03. The molecule has 1 heterocycles. The first-order valence-corrected chi connectivity index (χ1v) is 9.75. The molecule has 0 spiro atoms. The van der Waals surface area contributed by atoms with Gasteiger partial charge in [0.2, 0.25) is 5.91 Å². The zero-order valence-electron chi connectivity index (χ0n) is 15.9. The lowest BCUT2D eigenvalue weighted by molar-refractivity contribution is -0.140. The molecular weight excluding hydrogens is 360 g/mol. The molecule has 27 heavy (non-hydrogen) atoms. The molecule has 1 aliphatic rings. The number of nitrogens with zero attached hydrogens (tertiary/aromatic N) is 2. The van der Waals surface area contributed by atoms with Gasteiger partial charge in [0, 0.05) is 24.5 Å². The Kier molecular flexibility index (Phi) is 6.20. The molecule has 3 rings (SSSR count). The van der Waals surface area contributed by atoms with Gasteiger partial charge in [0.1, 0.15) is 0 Å². The number of piperidine rings is 1. The number of likely N-dealkylation sites (tertiary alicyclic amines) is 1. The summed E-state index contributed by atoms with van der Waals surface area (Å²) >= 11 is 6.19. The maximum Gasteiger partial charge on any atom is 0.222 e. The lowest BCUT2D eigenvalue weighted by Crippen LogP contribution is -2.60. The van der Waals surface area contributed by atoms with Crippen molar-refractivity contribution in [2.75, 3.05) is 27.2 Å². The van der Waals surface area contributed by atoms with E-state index in [1.165, 1.54) is 0 Å². The van der Waals surface area contributed by atoms with Gasteiger partial charge >= 0.3 is 0 Å². The number of aliphatic hydroxyl groups is 1. The van der Waals surface area contributed by atoms with E-state index in [1.807, 2.05) is 56.6 Å². The Hall–Kier alpha value is -1.88. The number of carbonyl (C=O) groups excluding carboxylic acids is 1. The predicted molar refractivity (Wildman–Crippen MR) is 109 cm³/mol. The Balaban J connectivity index is 1.68. The zero-order chi connectivity index (χ0) is 19.4. The van der Waals surface area contributed by atoms with Crippen molar-refractivity contribution in [1.29, 1.82) is 0 Å². The molecular formula is C22H27ClN2O2. The van der Waals surface area contributed by atoms with Crippen molar-refractivity contribution in [2.24, 2.45) is 0 Å². The van der Waals surface area contributed by atoms with Crippen molar-refractivity contribution >= 4 is 17.5 Å². The van der Waals surface area contributed by atoms with Crippen LogP contribution in [0.25, 0.3) is 0 Å². The number of aliphatic hydroxyl groups excluding tert-OH is 1. The summed E-state index contributed by atoms with van der Waals surface area (Å²) in [6.45, 7) is 0.972. The minimum Gasteiger partial charge on any atom is -0.389 e. The Labute approximate surface area is 166 Å². The van der Waals surface area contributed by atoms with Gasteiger partial charge in [-0.15, -0.1) is 0 Å². The topological polar surface area (TPSA) is 43.8 Å². The van der Waals surface area contributed by atoms with Crippen LogP contribution in [0.2, 0.25) is 5.02 Å². The van der Waals surface area contributed by atoms with Crippen LogP contribution in [0.5, 0.6) is 0 Å². The molecule has 0 unspecified atom stereocenters. The molecule has 0 aromatic heterocycles. The van der Waals surface area contributed by atoms with E-state index in [4.69, 9.17) is 11.6 Å². The molecule has 2 atom stereocenters. The first-order chi connectivity index (χ1) is 12.9. The average molecular weight is 387 g/mol. The third-order valence-electron chi connectivity index (χ3n) is 5.70. The van der Waals surface area contributed by atoms with Gasteiger partial charge in [-0.2, -0.15) is 0 Å². The lowest BCUT2D eigenvalue weighted by Gasteiger charge is -2.49. The lowest BCUT2D eigenvalue weighted by atomic mass is 9.77. The van der Waals surface area contributed by atoms with Gasteiger partial charge in [0.25, 0.3) is 0 Å². The quantitative estimate of drug-likeness (QED) is 0.857. The highest BCUT2D eigenvalue weighted by Gasteiger charge is 2.46. The summed E-state index contributed by atoms with van der Waals surface area (Å²) in [4.78, 5) is 16.6. The third-order valence-corrected chi connectivity index (χ3v) is 6.07. The number of β-amino-alcohol motifs (C(OH)–C–C–N with tert-alkyl or cyclic N) is 1. The van der Waals surface area contributed by atoms with E-state index in [9.17, 15) is 9.90 Å². The molecule has 4 nitrogen and oxygen atoms in total. The number of aryl methyl sites for hydroxylation is 1. The van der Waals surface area contributed by atoms with Gasteiger partial charge in [0.05, 0.1) is 11.6 Å². The van der Waals surface area contributed by atoms with Crippen LogP contribution in [0.4, 0.5) is 0 Å². The van der Waals surface area contributed by atoms with Crippen LogP contribution >= 0.6 is 11.6 Å². The van der Waals surface area contributed by atoms with Gasteiger partial charge in [-0.1, -0.05) is 60.1 Å². The number of amides is 1. The standard InChI is InChI=1S/C22H27ClN2O2/c1-24(2)22(18-9-4-3-5-10-18)14-15-25(16-20(22)26)21(27)13-12-17-8-6-7-11-19(17)23/h3-11,20,26H,12-16H2,1-2H3/t20-,22+/m1/s1. The van der Waals surface area contributed by atoms with Gasteiger partial charge in [-0.05, 0) is 44.1 Å². The molecule has 5 heteroatoms. The first-order valence-electron chi connectivity index (χ1n) is 9.37. The van der Waals surface area contributed by atoms with Crippen LogP contribution in [0, 0.1) is 0 Å². The van der Waals surface area contributed by atoms with Crippen molar-refractivity contribution < 1.29 is 9.90 Å². The first kappa shape index (κ1) is 19.9. The van der Waals surface area contributed by atoms with E-state index >= 15 is 0 Å². The van der Waals surface area contributed by atoms with Gasteiger partial charge in [-0.3, -0.25) is 9.69 Å². The van der Waals surface area contributed by atoms with Gasteiger partial charge in [-0.25, -0.2) is 0 Å². The largest absolute Gasteiger partial charge is 0.389 e. The van der Waals surface area contributed by atoms with Crippen molar-refractivity contribution in [3.05, 3.63) is 70.7 Å². The van der Waals surface area contributed by atoms with Gasteiger partial charge in [0.15, 0.2) is 0 Å². The Morgan fingerprint density at radius 2 is 1.85 bits per heavy atom. The number of carbonyl (C=O) groups is 1.